The number of halogens is 3. The number of carbonyl (C=O) groups excluding carboxylic acids is 1. The zero-order chi connectivity index (χ0) is 39.8. The van der Waals surface area contributed by atoms with Gasteiger partial charge in [-0.1, -0.05) is 0 Å². The number of hydrogen-bond acceptors (Lipinski definition) is 12. The summed E-state index contributed by atoms with van der Waals surface area (Å²) in [6.07, 6.45) is 2.11. The fourth-order valence-corrected chi connectivity index (χ4v) is 10.1. The van der Waals surface area contributed by atoms with E-state index < -0.39 is 41.1 Å². The van der Waals surface area contributed by atoms with Crippen LogP contribution in [0.4, 0.5) is 23.8 Å². The molecule has 4 fully saturated rings. The van der Waals surface area contributed by atoms with Crippen LogP contribution in [0.2, 0.25) is 0 Å². The van der Waals surface area contributed by atoms with Crippen LogP contribution in [-0.2, 0) is 23.0 Å². The van der Waals surface area contributed by atoms with Gasteiger partial charge in [0.2, 0.25) is 0 Å². The molecule has 0 radical (unpaired) electrons. The standard InChI is InChI=1S/C41H42F3N6O6.H3P.H2S.Tl/c1-6-26-28(43)10-8-22-14-25(55-21-52-5)15-27(31(22)26)34-33(44)35-32-36(47-38(46-35)54-20-41-12-7-13-48(41)17-23(42)16-41)49-18-24-9-11-29(30(49)19-53-37(32)45-34)50(24)39(51)56-40(2,3)4;;;/h8,10,14-15,23-24,29-30H,7,9,11-13,16-21H2,2-5H3;1H3;1H2;/p-1/t23-,24-,29+,30-,41-;;;/m1.../s1. The predicted octanol–water partition coefficient (Wildman–Crippen LogP) is 5.68. The number of carbonyl (C=O) groups is 1. The Bertz CT molecular complexity index is 2370. The molecule has 1 amide bonds. The molecule has 2 aromatic carbocycles. The van der Waals surface area contributed by atoms with Gasteiger partial charge in [0.25, 0.3) is 0 Å². The number of benzene rings is 2. The molecule has 2 bridgehead atoms. The summed E-state index contributed by atoms with van der Waals surface area (Å²) in [4.78, 5) is 34.1. The minimum absolute atomic E-state index is 0. The summed E-state index contributed by atoms with van der Waals surface area (Å²) in [5, 5.41) is 1.17. The number of nitrogens with zero attached hydrogens (tertiary/aromatic N) is 6. The van der Waals surface area contributed by atoms with E-state index in [1.807, 2.05) is 25.7 Å². The zero-order valence-electron chi connectivity index (χ0n) is 33.4. The van der Waals surface area contributed by atoms with Crippen molar-refractivity contribution >= 4 is 82.7 Å². The number of piperazine rings is 1. The number of anilines is 1. The molecular weight excluding hydrogens is 997 g/mol. The van der Waals surface area contributed by atoms with Gasteiger partial charge in [-0.2, -0.15) is 9.90 Å². The summed E-state index contributed by atoms with van der Waals surface area (Å²) in [5.41, 5.74) is -1.11. The van der Waals surface area contributed by atoms with Crippen LogP contribution >= 0.6 is 9.90 Å². The van der Waals surface area contributed by atoms with E-state index >= 15 is 8.78 Å². The summed E-state index contributed by atoms with van der Waals surface area (Å²) in [6, 6.07) is 5.26. The summed E-state index contributed by atoms with van der Waals surface area (Å²) >= 11 is 0.263. The van der Waals surface area contributed by atoms with Gasteiger partial charge in [0.1, 0.15) is 11.8 Å². The average molecular weight is 1040 g/mol. The van der Waals surface area contributed by atoms with Crippen LogP contribution in [0.5, 0.6) is 17.6 Å². The zero-order valence-corrected chi connectivity index (χ0v) is 40.2. The number of fused-ring (bicyclic) bond motifs is 7. The third kappa shape index (κ3) is 7.76. The van der Waals surface area contributed by atoms with Gasteiger partial charge in [-0.05, 0) is 53.0 Å². The molecule has 6 atom stereocenters. The Labute approximate surface area is 366 Å². The first-order chi connectivity index (χ1) is 27.4. The summed E-state index contributed by atoms with van der Waals surface area (Å²) in [7, 11) is 1.49. The molecule has 5 aliphatic rings. The van der Waals surface area contributed by atoms with E-state index in [-0.39, 0.29) is 121 Å². The molecule has 0 N–H and O–H groups in total. The molecule has 4 aromatic rings. The molecule has 9 rings (SSSR count). The van der Waals surface area contributed by atoms with Crippen LogP contribution in [-0.4, -0.2) is 139 Å². The molecule has 1 unspecified atom stereocenters. The van der Waals surface area contributed by atoms with Crippen molar-refractivity contribution in [3.05, 3.63) is 41.5 Å². The molecular formula is C41H46F3N6O6PSTl-. The maximum Gasteiger partial charge on any atom is -0.153 e. The van der Waals surface area contributed by atoms with Gasteiger partial charge >= 0.3 is 232 Å². The van der Waals surface area contributed by atoms with Crippen LogP contribution in [0.3, 0.4) is 0 Å². The van der Waals surface area contributed by atoms with E-state index in [9.17, 15) is 9.18 Å². The fraction of sp³-hybridized carbons (Fsp3) is 0.512. The number of aromatic nitrogens is 3. The van der Waals surface area contributed by atoms with E-state index in [2.05, 4.69) is 19.2 Å². The Morgan fingerprint density at radius 2 is 1.90 bits per heavy atom. The van der Waals surface area contributed by atoms with Gasteiger partial charge in [0, 0.05) is 13.0 Å². The Balaban J connectivity index is 0.00000264. The second-order valence-electron chi connectivity index (χ2n) is 16.5. The molecule has 5 aliphatic heterocycles. The van der Waals surface area contributed by atoms with Crippen LogP contribution in [0.1, 0.15) is 58.4 Å². The van der Waals surface area contributed by atoms with Gasteiger partial charge in [-0.15, -0.1) is 0 Å². The predicted molar refractivity (Wildman–Crippen MR) is 225 cm³/mol. The Morgan fingerprint density at radius 3 is 2.66 bits per heavy atom. The third-order valence-corrected chi connectivity index (χ3v) is 12.4. The number of ether oxygens (including phenoxy) is 5. The van der Waals surface area contributed by atoms with Crippen LogP contribution in [0, 0.1) is 21.0 Å². The van der Waals surface area contributed by atoms with Crippen molar-refractivity contribution in [1.29, 1.82) is 0 Å². The van der Waals surface area contributed by atoms with Crippen molar-refractivity contribution < 1.29 is 41.7 Å². The third-order valence-electron chi connectivity index (χ3n) is 11.8. The van der Waals surface area contributed by atoms with Crippen LogP contribution in [0.15, 0.2) is 24.3 Å². The van der Waals surface area contributed by atoms with Gasteiger partial charge in [0.05, 0.1) is 11.6 Å². The monoisotopic (exact) mass is 1040 g/mol. The molecule has 7 heterocycles. The van der Waals surface area contributed by atoms with Crippen molar-refractivity contribution in [1.82, 2.24) is 24.8 Å². The smallest absolute Gasteiger partial charge is 0.153 e. The van der Waals surface area contributed by atoms with E-state index in [4.69, 9.17) is 38.6 Å². The number of methoxy groups -OCH3 is 1. The average Bonchev–Trinajstić information content (AvgIpc) is 3.78. The van der Waals surface area contributed by atoms with Crippen molar-refractivity contribution in [2.45, 2.75) is 88.3 Å². The topological polar surface area (TPSA) is 112 Å². The number of rotatable bonds is 7. The van der Waals surface area contributed by atoms with Crippen molar-refractivity contribution in [3.63, 3.8) is 0 Å². The first-order valence-corrected chi connectivity index (χ1v) is 21.6. The Hall–Kier alpha value is -3.37. The van der Waals surface area contributed by atoms with E-state index in [1.54, 1.807) is 18.2 Å². The maximum atomic E-state index is 17.6. The normalized spacial score (nSPS) is 24.2. The molecule has 18 heteroatoms. The summed E-state index contributed by atoms with van der Waals surface area (Å²) < 4.78 is 80.7. The van der Waals surface area contributed by atoms with Gasteiger partial charge in [0.15, 0.2) is 0 Å². The van der Waals surface area contributed by atoms with E-state index in [0.29, 0.717) is 48.3 Å². The van der Waals surface area contributed by atoms with Crippen LogP contribution < -0.4 is 19.1 Å². The SMILES string of the molecule is COCOc1cc(-c2nc3c4c(nc(OC[C@]56CCCN5C[C@H](F)C6)nc4c2F)N2C[C@H]4CC[C@@H]([C@H]2CO3)N4C(=O)OC(C)(C)C)c2c(C#[C][Tl])c(F)ccc2c1.P.[SH-]. The maximum absolute atomic E-state index is 17.6. The number of thiol groups is 1. The van der Waals surface area contributed by atoms with E-state index in [1.165, 1.54) is 13.2 Å². The summed E-state index contributed by atoms with van der Waals surface area (Å²) in [5.74, 6) is 2.38. The quantitative estimate of drug-likeness (QED) is 0.0568. The molecule has 12 nitrogen and oxygen atoms in total. The second kappa shape index (κ2) is 16.8. The first-order valence-electron chi connectivity index (χ1n) is 19.3. The Kier molecular flexibility index (Phi) is 12.5. The molecule has 0 spiro atoms. The molecule has 2 aromatic heterocycles. The molecule has 59 heavy (non-hydrogen) atoms. The number of alkyl halides is 1. The summed E-state index contributed by atoms with van der Waals surface area (Å²) in [6.45, 7) is 7.17. The molecule has 4 saturated heterocycles. The van der Waals surface area contributed by atoms with Crippen molar-refractivity contribution in [2.75, 3.05) is 51.7 Å². The van der Waals surface area contributed by atoms with Crippen molar-refractivity contribution in [2.24, 2.45) is 0 Å². The first kappa shape index (κ1) is 43.7. The van der Waals surface area contributed by atoms with Gasteiger partial charge in [-0.3, -0.25) is 9.80 Å². The molecule has 0 saturated carbocycles. The number of hydrogen-bond donors (Lipinski definition) is 0. The minimum Gasteiger partial charge on any atom is -0.813 e. The largest absolute Gasteiger partial charge is 0.813 e. The second-order valence-corrected chi connectivity index (χ2v) is 17.6. The fourth-order valence-electron chi connectivity index (χ4n) is 9.56. The van der Waals surface area contributed by atoms with Crippen LogP contribution in [0.25, 0.3) is 32.9 Å². The molecule has 312 valence electrons. The Morgan fingerprint density at radius 1 is 1.08 bits per heavy atom. The minimum atomic E-state index is -0.965. The molecule has 0 aliphatic carbocycles. The van der Waals surface area contributed by atoms with Crippen molar-refractivity contribution in [3.8, 4) is 38.3 Å². The number of amides is 1. The number of pyridine rings is 1. The van der Waals surface area contributed by atoms with Gasteiger partial charge < -0.3 is 18.2 Å². The van der Waals surface area contributed by atoms with E-state index in [0.717, 1.165) is 25.8 Å². The van der Waals surface area contributed by atoms with Gasteiger partial charge in [-0.25, -0.2) is 9.18 Å².